The zero-order chi connectivity index (χ0) is 23.7. The number of Topliss-reactive ketones (excluding diaryl/α,β-unsaturated/α-hetero) is 1. The summed E-state index contributed by atoms with van der Waals surface area (Å²) in [5.74, 6) is 1.83. The largest absolute Gasteiger partial charge is 0.344 e. The van der Waals surface area contributed by atoms with E-state index in [9.17, 15) is 4.79 Å². The summed E-state index contributed by atoms with van der Waals surface area (Å²) >= 11 is 0. The number of pyridine rings is 1. The molecule has 1 saturated heterocycles. The van der Waals surface area contributed by atoms with E-state index in [0.717, 1.165) is 73.5 Å². The number of rotatable bonds is 7. The second-order valence-corrected chi connectivity index (χ2v) is 9.30. The quantitative estimate of drug-likeness (QED) is 0.356. The Morgan fingerprint density at radius 1 is 1.09 bits per heavy atom. The van der Waals surface area contributed by atoms with Gasteiger partial charge in [-0.05, 0) is 77.4 Å². The summed E-state index contributed by atoms with van der Waals surface area (Å²) in [5, 5.41) is 5.24. The number of hydrogen-bond acceptors (Lipinski definition) is 6. The van der Waals surface area contributed by atoms with Crippen molar-refractivity contribution in [1.82, 2.24) is 24.6 Å². The topological polar surface area (TPSA) is 77.1 Å². The fourth-order valence-electron chi connectivity index (χ4n) is 5.32. The molecule has 34 heavy (non-hydrogen) atoms. The van der Waals surface area contributed by atoms with E-state index in [0.29, 0.717) is 11.7 Å². The molecule has 1 aliphatic rings. The van der Waals surface area contributed by atoms with Crippen molar-refractivity contribution in [3.63, 3.8) is 0 Å². The van der Waals surface area contributed by atoms with Crippen molar-refractivity contribution < 1.29 is 9.32 Å². The minimum atomic E-state index is 0.141. The van der Waals surface area contributed by atoms with Crippen LogP contribution in [0.25, 0.3) is 22.3 Å². The Balaban J connectivity index is 1.19. The second kappa shape index (κ2) is 9.50. The van der Waals surface area contributed by atoms with Gasteiger partial charge >= 0.3 is 0 Å². The Morgan fingerprint density at radius 3 is 2.59 bits per heavy atom. The van der Waals surface area contributed by atoms with Crippen LogP contribution in [-0.4, -0.2) is 50.0 Å². The fourth-order valence-corrected chi connectivity index (χ4v) is 5.32. The van der Waals surface area contributed by atoms with E-state index < -0.39 is 0 Å². The van der Waals surface area contributed by atoms with Gasteiger partial charge in [-0.25, -0.2) is 0 Å². The molecule has 7 nitrogen and oxygen atoms in total. The van der Waals surface area contributed by atoms with Crippen LogP contribution in [0.3, 0.4) is 0 Å². The molecule has 1 fully saturated rings. The summed E-state index contributed by atoms with van der Waals surface area (Å²) in [6, 6.07) is 10.0. The number of nitrogens with zero attached hydrogens (tertiary/aromatic N) is 5. The molecule has 1 aromatic carbocycles. The number of fused-ring (bicyclic) bond motifs is 1. The van der Waals surface area contributed by atoms with Gasteiger partial charge in [0.2, 0.25) is 11.7 Å². The Kier molecular flexibility index (Phi) is 6.28. The third-order valence-corrected chi connectivity index (χ3v) is 7.07. The van der Waals surface area contributed by atoms with Crippen LogP contribution in [0.2, 0.25) is 0 Å². The van der Waals surface area contributed by atoms with Gasteiger partial charge in [0.1, 0.15) is 0 Å². The number of carbonyl (C=O) groups is 1. The summed E-state index contributed by atoms with van der Waals surface area (Å²) in [5.41, 5.74) is 5.30. The molecule has 5 rings (SSSR count). The highest BCUT2D eigenvalue weighted by atomic mass is 16.5. The van der Waals surface area contributed by atoms with E-state index >= 15 is 0 Å². The molecule has 0 aliphatic carbocycles. The van der Waals surface area contributed by atoms with Crippen LogP contribution in [0.5, 0.6) is 0 Å². The first kappa shape index (κ1) is 22.5. The number of hydrogen-bond donors (Lipinski definition) is 0. The molecule has 0 bridgehead atoms. The SMILES string of the molecule is CC(=O)c1c(C)n(CCCN2CCC(c3nc(-c4ccncc4)no3)CC2)c2c(C)cccc12. The maximum atomic E-state index is 12.3. The average Bonchev–Trinajstić information content (AvgIpc) is 3.44. The first-order valence-corrected chi connectivity index (χ1v) is 12.1. The molecule has 0 unspecified atom stereocenters. The number of likely N-dealkylation sites (tertiary alicyclic amines) is 1. The lowest BCUT2D eigenvalue weighted by molar-refractivity contribution is 0.101. The molecule has 7 heteroatoms. The highest BCUT2D eigenvalue weighted by Gasteiger charge is 2.25. The molecule has 0 N–H and O–H groups in total. The normalized spacial score (nSPS) is 15.3. The van der Waals surface area contributed by atoms with Crippen LogP contribution in [-0.2, 0) is 6.54 Å². The summed E-state index contributed by atoms with van der Waals surface area (Å²) in [7, 11) is 0. The van der Waals surface area contributed by atoms with Crippen molar-refractivity contribution in [2.45, 2.75) is 52.5 Å². The highest BCUT2D eigenvalue weighted by Crippen LogP contribution is 2.30. The number of carbonyl (C=O) groups excluding carboxylic acids is 1. The van der Waals surface area contributed by atoms with E-state index in [4.69, 9.17) is 4.52 Å². The molecular weight excluding hydrogens is 426 g/mol. The first-order chi connectivity index (χ1) is 16.5. The van der Waals surface area contributed by atoms with Gasteiger partial charge in [0.25, 0.3) is 0 Å². The van der Waals surface area contributed by atoms with Crippen molar-refractivity contribution >= 4 is 16.7 Å². The Bertz CT molecular complexity index is 1300. The van der Waals surface area contributed by atoms with Gasteiger partial charge in [-0.15, -0.1) is 0 Å². The number of aryl methyl sites for hydroxylation is 2. The lowest BCUT2D eigenvalue weighted by Crippen LogP contribution is -2.34. The third-order valence-electron chi connectivity index (χ3n) is 7.07. The number of aromatic nitrogens is 4. The molecule has 0 saturated carbocycles. The molecule has 0 radical (unpaired) electrons. The highest BCUT2D eigenvalue weighted by molar-refractivity contribution is 6.09. The van der Waals surface area contributed by atoms with Crippen molar-refractivity contribution in [2.75, 3.05) is 19.6 Å². The van der Waals surface area contributed by atoms with Crippen LogP contribution >= 0.6 is 0 Å². The van der Waals surface area contributed by atoms with Crippen LogP contribution in [0, 0.1) is 13.8 Å². The van der Waals surface area contributed by atoms with Crippen LogP contribution in [0.1, 0.15) is 59.6 Å². The van der Waals surface area contributed by atoms with Gasteiger partial charge in [-0.3, -0.25) is 9.78 Å². The monoisotopic (exact) mass is 457 g/mol. The molecule has 0 atom stereocenters. The fraction of sp³-hybridized carbons (Fsp3) is 0.407. The smallest absolute Gasteiger partial charge is 0.230 e. The molecule has 4 heterocycles. The maximum Gasteiger partial charge on any atom is 0.230 e. The van der Waals surface area contributed by atoms with Gasteiger partial charge in [-0.1, -0.05) is 23.4 Å². The summed E-state index contributed by atoms with van der Waals surface area (Å²) in [6.45, 7) is 9.89. The molecular formula is C27H31N5O2. The Hall–Kier alpha value is -3.32. The molecule has 0 spiro atoms. The predicted molar refractivity (Wildman–Crippen MR) is 132 cm³/mol. The van der Waals surface area contributed by atoms with E-state index in [-0.39, 0.29) is 5.78 Å². The summed E-state index contributed by atoms with van der Waals surface area (Å²) in [6.07, 6.45) is 6.58. The zero-order valence-corrected chi connectivity index (χ0v) is 20.1. The lowest BCUT2D eigenvalue weighted by Gasteiger charge is -2.30. The van der Waals surface area contributed by atoms with E-state index in [1.807, 2.05) is 18.2 Å². The molecule has 176 valence electrons. The predicted octanol–water partition coefficient (Wildman–Crippen LogP) is 5.18. The summed E-state index contributed by atoms with van der Waals surface area (Å²) in [4.78, 5) is 23.5. The lowest BCUT2D eigenvalue weighted by atomic mass is 9.96. The van der Waals surface area contributed by atoms with Crippen LogP contribution in [0.15, 0.2) is 47.2 Å². The minimum absolute atomic E-state index is 0.141. The number of para-hydroxylation sites is 1. The maximum absolute atomic E-state index is 12.3. The Morgan fingerprint density at radius 2 is 1.85 bits per heavy atom. The zero-order valence-electron chi connectivity index (χ0n) is 20.1. The molecule has 3 aromatic heterocycles. The molecule has 4 aromatic rings. The van der Waals surface area contributed by atoms with Crippen molar-refractivity contribution in [2.24, 2.45) is 0 Å². The second-order valence-electron chi connectivity index (χ2n) is 9.30. The van der Waals surface area contributed by atoms with Crippen LogP contribution in [0.4, 0.5) is 0 Å². The van der Waals surface area contributed by atoms with Gasteiger partial charge in [0, 0.05) is 47.1 Å². The van der Waals surface area contributed by atoms with Gasteiger partial charge in [0.15, 0.2) is 5.78 Å². The van der Waals surface area contributed by atoms with E-state index in [2.05, 4.69) is 50.6 Å². The van der Waals surface area contributed by atoms with Crippen molar-refractivity contribution in [1.29, 1.82) is 0 Å². The first-order valence-electron chi connectivity index (χ1n) is 12.1. The van der Waals surface area contributed by atoms with Gasteiger partial charge in [-0.2, -0.15) is 4.98 Å². The average molecular weight is 458 g/mol. The third kappa shape index (κ3) is 4.28. The summed E-state index contributed by atoms with van der Waals surface area (Å²) < 4.78 is 7.93. The van der Waals surface area contributed by atoms with Gasteiger partial charge in [0.05, 0.1) is 5.52 Å². The number of piperidine rings is 1. The minimum Gasteiger partial charge on any atom is -0.344 e. The van der Waals surface area contributed by atoms with Crippen molar-refractivity contribution in [3.05, 3.63) is 65.4 Å². The van der Waals surface area contributed by atoms with Gasteiger partial charge < -0.3 is 14.0 Å². The standard InChI is InChI=1S/C27H31N5O2/c1-18-6-4-7-23-24(20(3)33)19(2)32(25(18)23)15-5-14-31-16-10-22(11-17-31)27-29-26(30-34-27)21-8-12-28-13-9-21/h4,6-9,12-13,22H,5,10-11,14-17H2,1-3H3. The Labute approximate surface area is 199 Å². The number of ketones is 1. The van der Waals surface area contributed by atoms with E-state index in [1.165, 1.54) is 11.1 Å². The number of benzene rings is 1. The van der Waals surface area contributed by atoms with Crippen LogP contribution < -0.4 is 0 Å². The molecule has 1 aliphatic heterocycles. The van der Waals surface area contributed by atoms with E-state index in [1.54, 1.807) is 19.3 Å². The molecule has 0 amide bonds. The van der Waals surface area contributed by atoms with Crippen molar-refractivity contribution in [3.8, 4) is 11.4 Å².